The van der Waals surface area contributed by atoms with Crippen LogP contribution < -0.4 is 16.2 Å². The van der Waals surface area contributed by atoms with E-state index in [0.29, 0.717) is 19.0 Å². The van der Waals surface area contributed by atoms with Gasteiger partial charge in [-0.1, -0.05) is 39.0 Å². The summed E-state index contributed by atoms with van der Waals surface area (Å²) >= 11 is 0. The van der Waals surface area contributed by atoms with E-state index in [4.69, 9.17) is 0 Å². The van der Waals surface area contributed by atoms with Crippen molar-refractivity contribution in [3.8, 4) is 0 Å². The zero-order valence-electron chi connectivity index (χ0n) is 15.0. The highest BCUT2D eigenvalue weighted by atomic mass is 16.2. The normalized spacial score (nSPS) is 12.0. The molecule has 1 aromatic heterocycles. The van der Waals surface area contributed by atoms with Crippen LogP contribution in [0.15, 0.2) is 47.3 Å². The predicted octanol–water partition coefficient (Wildman–Crippen LogP) is 2.52. The summed E-state index contributed by atoms with van der Waals surface area (Å²) in [5.74, 6) is 0.0628. The molecule has 1 unspecified atom stereocenters. The van der Waals surface area contributed by atoms with Gasteiger partial charge >= 0.3 is 0 Å². The third-order valence-corrected chi connectivity index (χ3v) is 3.95. The lowest BCUT2D eigenvalue weighted by Crippen LogP contribution is -2.40. The zero-order chi connectivity index (χ0) is 18.2. The van der Waals surface area contributed by atoms with Crippen LogP contribution in [0.3, 0.4) is 0 Å². The summed E-state index contributed by atoms with van der Waals surface area (Å²) in [5, 5.41) is 10.5. The Labute approximate surface area is 148 Å². The number of carbonyl (C=O) groups is 1. The second-order valence-electron chi connectivity index (χ2n) is 6.35. The fraction of sp³-hybridized carbons (Fsp3) is 0.421. The van der Waals surface area contributed by atoms with E-state index in [0.717, 1.165) is 12.1 Å². The van der Waals surface area contributed by atoms with Gasteiger partial charge in [0.2, 0.25) is 0 Å². The summed E-state index contributed by atoms with van der Waals surface area (Å²) in [6, 6.07) is 12.9. The third kappa shape index (κ3) is 5.45. The molecule has 0 aliphatic heterocycles. The SMILES string of the molecule is CCCn1nc(C(=O)NCC(Nc2ccccc2)C(C)C)ccc1=O. The minimum atomic E-state index is -0.273. The van der Waals surface area contributed by atoms with E-state index in [1.165, 1.54) is 16.8 Å². The molecule has 1 atom stereocenters. The predicted molar refractivity (Wildman–Crippen MR) is 99.8 cm³/mol. The van der Waals surface area contributed by atoms with Crippen molar-refractivity contribution in [1.82, 2.24) is 15.1 Å². The summed E-state index contributed by atoms with van der Waals surface area (Å²) in [4.78, 5) is 24.1. The number of para-hydroxylation sites is 1. The first-order valence-corrected chi connectivity index (χ1v) is 8.69. The average Bonchev–Trinajstić information content (AvgIpc) is 2.61. The molecule has 2 aromatic rings. The number of amides is 1. The molecule has 6 nitrogen and oxygen atoms in total. The molecular formula is C19H26N4O2. The molecule has 0 bridgehead atoms. The molecule has 0 aliphatic carbocycles. The van der Waals surface area contributed by atoms with Gasteiger partial charge in [-0.15, -0.1) is 0 Å². The van der Waals surface area contributed by atoms with Crippen LogP contribution in [0.2, 0.25) is 0 Å². The van der Waals surface area contributed by atoms with E-state index in [1.54, 1.807) is 0 Å². The average molecular weight is 342 g/mol. The van der Waals surface area contributed by atoms with Gasteiger partial charge in [0.25, 0.3) is 11.5 Å². The van der Waals surface area contributed by atoms with Gasteiger partial charge in [0.1, 0.15) is 5.69 Å². The highest BCUT2D eigenvalue weighted by Gasteiger charge is 2.16. The Hall–Kier alpha value is -2.63. The lowest BCUT2D eigenvalue weighted by Gasteiger charge is -2.24. The van der Waals surface area contributed by atoms with Gasteiger partial charge in [-0.05, 0) is 30.5 Å². The highest BCUT2D eigenvalue weighted by Crippen LogP contribution is 2.11. The van der Waals surface area contributed by atoms with Gasteiger partial charge in [-0.25, -0.2) is 4.68 Å². The molecule has 1 amide bonds. The summed E-state index contributed by atoms with van der Waals surface area (Å²) in [6.45, 7) is 7.15. The Kier molecular flexibility index (Phi) is 6.74. The smallest absolute Gasteiger partial charge is 0.271 e. The maximum Gasteiger partial charge on any atom is 0.271 e. The molecule has 0 saturated carbocycles. The molecule has 1 heterocycles. The number of nitrogens with one attached hydrogen (secondary N) is 2. The number of aryl methyl sites for hydroxylation is 1. The largest absolute Gasteiger partial charge is 0.380 e. The summed E-state index contributed by atoms with van der Waals surface area (Å²) in [5.41, 5.74) is 1.09. The first-order valence-electron chi connectivity index (χ1n) is 8.69. The number of hydrogen-bond acceptors (Lipinski definition) is 4. The quantitative estimate of drug-likeness (QED) is 0.773. The Morgan fingerprint density at radius 1 is 1.16 bits per heavy atom. The van der Waals surface area contributed by atoms with Crippen LogP contribution in [0.5, 0.6) is 0 Å². The molecule has 2 N–H and O–H groups in total. The van der Waals surface area contributed by atoms with Crippen molar-refractivity contribution in [1.29, 1.82) is 0 Å². The van der Waals surface area contributed by atoms with Gasteiger partial charge < -0.3 is 10.6 Å². The number of carbonyl (C=O) groups excluding carboxylic acids is 1. The zero-order valence-corrected chi connectivity index (χ0v) is 15.0. The second kappa shape index (κ2) is 9.01. The van der Waals surface area contributed by atoms with Crippen molar-refractivity contribution < 1.29 is 4.79 Å². The van der Waals surface area contributed by atoms with E-state index in [1.807, 2.05) is 37.3 Å². The van der Waals surface area contributed by atoms with Crippen molar-refractivity contribution in [2.45, 2.75) is 39.8 Å². The van der Waals surface area contributed by atoms with Crippen molar-refractivity contribution in [2.75, 3.05) is 11.9 Å². The number of nitrogens with zero attached hydrogens (tertiary/aromatic N) is 2. The molecule has 0 radical (unpaired) electrons. The first-order chi connectivity index (χ1) is 12.0. The highest BCUT2D eigenvalue weighted by molar-refractivity contribution is 5.92. The first kappa shape index (κ1) is 18.7. The Bertz CT molecular complexity index is 741. The number of anilines is 1. The van der Waals surface area contributed by atoms with Crippen LogP contribution in [0.1, 0.15) is 37.7 Å². The lowest BCUT2D eigenvalue weighted by atomic mass is 10.0. The molecular weight excluding hydrogens is 316 g/mol. The fourth-order valence-electron chi connectivity index (χ4n) is 2.44. The van der Waals surface area contributed by atoms with E-state index in [2.05, 4.69) is 29.6 Å². The van der Waals surface area contributed by atoms with Crippen molar-refractivity contribution in [3.05, 3.63) is 58.5 Å². The maximum absolute atomic E-state index is 12.4. The van der Waals surface area contributed by atoms with Gasteiger partial charge in [0.05, 0.1) is 0 Å². The Morgan fingerprint density at radius 3 is 2.52 bits per heavy atom. The molecule has 25 heavy (non-hydrogen) atoms. The molecule has 0 fully saturated rings. The minimum absolute atomic E-state index is 0.0906. The second-order valence-corrected chi connectivity index (χ2v) is 6.35. The van der Waals surface area contributed by atoms with E-state index >= 15 is 0 Å². The molecule has 6 heteroatoms. The van der Waals surface area contributed by atoms with E-state index in [9.17, 15) is 9.59 Å². The van der Waals surface area contributed by atoms with Gasteiger partial charge in [-0.3, -0.25) is 9.59 Å². The number of hydrogen-bond donors (Lipinski definition) is 2. The maximum atomic E-state index is 12.4. The topological polar surface area (TPSA) is 76.0 Å². The van der Waals surface area contributed by atoms with E-state index in [-0.39, 0.29) is 23.2 Å². The standard InChI is InChI=1S/C19H26N4O2/c1-4-12-23-18(24)11-10-16(22-23)19(25)20-13-17(14(2)3)21-15-8-6-5-7-9-15/h5-11,14,17,21H,4,12-13H2,1-3H3,(H,20,25). The number of rotatable bonds is 8. The van der Waals surface area contributed by atoms with Gasteiger partial charge in [-0.2, -0.15) is 5.10 Å². The van der Waals surface area contributed by atoms with Gasteiger partial charge in [0.15, 0.2) is 0 Å². The molecule has 0 spiro atoms. The summed E-state index contributed by atoms with van der Waals surface area (Å²) < 4.78 is 1.33. The number of aromatic nitrogens is 2. The van der Waals surface area contributed by atoms with Crippen LogP contribution in [0.4, 0.5) is 5.69 Å². The van der Waals surface area contributed by atoms with Crippen LogP contribution in [-0.4, -0.2) is 28.3 Å². The van der Waals surface area contributed by atoms with Crippen LogP contribution in [0, 0.1) is 5.92 Å². The van der Waals surface area contributed by atoms with Gasteiger partial charge in [0, 0.05) is 30.9 Å². The third-order valence-electron chi connectivity index (χ3n) is 3.95. The van der Waals surface area contributed by atoms with Crippen molar-refractivity contribution in [3.63, 3.8) is 0 Å². The molecule has 2 rings (SSSR count). The molecule has 134 valence electrons. The monoisotopic (exact) mass is 342 g/mol. The fourth-order valence-corrected chi connectivity index (χ4v) is 2.44. The van der Waals surface area contributed by atoms with Crippen LogP contribution in [-0.2, 0) is 6.54 Å². The van der Waals surface area contributed by atoms with Crippen molar-refractivity contribution >= 4 is 11.6 Å². The molecule has 0 saturated heterocycles. The summed E-state index contributed by atoms with van der Waals surface area (Å²) in [7, 11) is 0. The summed E-state index contributed by atoms with van der Waals surface area (Å²) in [6.07, 6.45) is 0.786. The Morgan fingerprint density at radius 2 is 1.88 bits per heavy atom. The lowest BCUT2D eigenvalue weighted by molar-refractivity contribution is 0.0942. The van der Waals surface area contributed by atoms with Crippen molar-refractivity contribution in [2.24, 2.45) is 5.92 Å². The van der Waals surface area contributed by atoms with Crippen LogP contribution in [0.25, 0.3) is 0 Å². The number of benzene rings is 1. The Balaban J connectivity index is 2.01. The minimum Gasteiger partial charge on any atom is -0.380 e. The van der Waals surface area contributed by atoms with E-state index < -0.39 is 0 Å². The van der Waals surface area contributed by atoms with Crippen LogP contribution >= 0.6 is 0 Å². The molecule has 0 aliphatic rings. The molecule has 1 aromatic carbocycles.